The second kappa shape index (κ2) is 6.49. The van der Waals surface area contributed by atoms with E-state index >= 15 is 0 Å². The monoisotopic (exact) mass is 355 g/mol. The number of nitrogens with zero attached hydrogens (tertiary/aromatic N) is 2. The van der Waals surface area contributed by atoms with E-state index in [1.165, 1.54) is 6.26 Å². The van der Waals surface area contributed by atoms with Gasteiger partial charge in [-0.05, 0) is 38.1 Å². The van der Waals surface area contributed by atoms with Crippen molar-refractivity contribution in [2.45, 2.75) is 32.4 Å². The molecule has 1 aromatic heterocycles. The molecule has 1 N–H and O–H groups in total. The van der Waals surface area contributed by atoms with Crippen molar-refractivity contribution in [1.29, 1.82) is 0 Å². The number of ether oxygens (including phenoxy) is 1. The Balaban J connectivity index is 1.69. The van der Waals surface area contributed by atoms with Crippen LogP contribution in [0.4, 0.5) is 0 Å². The van der Waals surface area contributed by atoms with Crippen molar-refractivity contribution in [2.75, 3.05) is 13.2 Å². The van der Waals surface area contributed by atoms with Crippen LogP contribution in [-0.2, 0) is 9.57 Å². The van der Waals surface area contributed by atoms with Gasteiger partial charge in [-0.25, -0.2) is 5.01 Å². The summed E-state index contributed by atoms with van der Waals surface area (Å²) in [5.41, 5.74) is 5.31. The summed E-state index contributed by atoms with van der Waals surface area (Å²) in [4.78, 5) is 18.5. The first-order chi connectivity index (χ1) is 12.6. The molecule has 1 amide bonds. The molecule has 0 saturated carbocycles. The van der Waals surface area contributed by atoms with Gasteiger partial charge in [0.25, 0.3) is 0 Å². The van der Waals surface area contributed by atoms with Crippen molar-refractivity contribution in [3.63, 3.8) is 0 Å². The lowest BCUT2D eigenvalue weighted by atomic mass is 10.0. The smallest absolute Gasteiger partial charge is 0.305 e. The molecular weight excluding hydrogens is 334 g/mol. The molecule has 0 atom stereocenters. The van der Waals surface area contributed by atoms with Crippen LogP contribution in [0.25, 0.3) is 0 Å². The van der Waals surface area contributed by atoms with Crippen molar-refractivity contribution in [2.24, 2.45) is 5.16 Å². The Labute approximate surface area is 151 Å². The molecule has 1 aromatic carbocycles. The van der Waals surface area contributed by atoms with E-state index in [9.17, 15) is 4.79 Å². The minimum atomic E-state index is -0.743. The molecule has 1 fully saturated rings. The summed E-state index contributed by atoms with van der Waals surface area (Å²) in [7, 11) is 0. The lowest BCUT2D eigenvalue weighted by molar-refractivity contribution is -0.163. The minimum Gasteiger partial charge on any atom is -0.459 e. The van der Waals surface area contributed by atoms with Crippen molar-refractivity contribution in [3.8, 4) is 0 Å². The molecule has 1 saturated heterocycles. The Morgan fingerprint density at radius 3 is 2.58 bits per heavy atom. The minimum absolute atomic E-state index is 0.235. The third-order valence-electron chi connectivity index (χ3n) is 4.63. The standard InChI is InChI=1S/C19H21N3O4/c1-13-10-14(2)12-15(11-13)17-21-26-19(5-8-24-9-6-19)22(17)20-18(23)16-4-3-7-25-16/h3-4,7,10-12H,5-6,8-9H2,1-2H3,(H,20,23). The fourth-order valence-corrected chi connectivity index (χ4v) is 3.41. The highest BCUT2D eigenvalue weighted by Gasteiger charge is 2.49. The normalized spacial score (nSPS) is 18.5. The maximum Gasteiger partial charge on any atom is 0.305 e. The Bertz CT molecular complexity index is 818. The number of rotatable bonds is 3. The van der Waals surface area contributed by atoms with Crippen LogP contribution in [0, 0.1) is 13.8 Å². The lowest BCUT2D eigenvalue weighted by Gasteiger charge is -2.39. The summed E-state index contributed by atoms with van der Waals surface area (Å²) < 4.78 is 10.7. The van der Waals surface area contributed by atoms with Crippen LogP contribution in [0.15, 0.2) is 46.2 Å². The number of carbonyl (C=O) groups is 1. The van der Waals surface area contributed by atoms with E-state index in [0.29, 0.717) is 31.9 Å². The van der Waals surface area contributed by atoms with Gasteiger partial charge in [-0.3, -0.25) is 10.2 Å². The van der Waals surface area contributed by atoms with Gasteiger partial charge in [-0.15, -0.1) is 0 Å². The first kappa shape index (κ1) is 16.7. The van der Waals surface area contributed by atoms with Crippen LogP contribution in [0.5, 0.6) is 0 Å². The highest BCUT2D eigenvalue weighted by molar-refractivity contribution is 6.02. The fourth-order valence-electron chi connectivity index (χ4n) is 3.41. The number of furan rings is 1. The number of hydrogen-bond acceptors (Lipinski definition) is 6. The molecular formula is C19H21N3O4. The average Bonchev–Trinajstić information content (AvgIpc) is 3.25. The molecule has 4 rings (SSSR count). The highest BCUT2D eigenvalue weighted by atomic mass is 16.7. The van der Waals surface area contributed by atoms with E-state index in [1.807, 2.05) is 26.0 Å². The van der Waals surface area contributed by atoms with Crippen molar-refractivity contribution in [1.82, 2.24) is 10.4 Å². The predicted molar refractivity (Wildman–Crippen MR) is 94.3 cm³/mol. The first-order valence-corrected chi connectivity index (χ1v) is 8.65. The molecule has 2 aliphatic heterocycles. The van der Waals surface area contributed by atoms with E-state index < -0.39 is 5.72 Å². The molecule has 3 heterocycles. The van der Waals surface area contributed by atoms with E-state index in [4.69, 9.17) is 14.0 Å². The van der Waals surface area contributed by atoms with E-state index in [2.05, 4.69) is 16.6 Å². The Morgan fingerprint density at radius 1 is 1.19 bits per heavy atom. The summed E-state index contributed by atoms with van der Waals surface area (Å²) >= 11 is 0. The van der Waals surface area contributed by atoms with Crippen molar-refractivity contribution >= 4 is 11.7 Å². The van der Waals surface area contributed by atoms with Crippen molar-refractivity contribution in [3.05, 3.63) is 59.0 Å². The van der Waals surface area contributed by atoms with Gasteiger partial charge in [-0.2, -0.15) is 0 Å². The van der Waals surface area contributed by atoms with Gasteiger partial charge in [0.15, 0.2) is 11.6 Å². The zero-order valence-electron chi connectivity index (χ0n) is 14.8. The molecule has 1 spiro atoms. The van der Waals surface area contributed by atoms with Gasteiger partial charge in [0.1, 0.15) is 0 Å². The number of carbonyl (C=O) groups excluding carboxylic acids is 1. The quantitative estimate of drug-likeness (QED) is 0.916. The van der Waals surface area contributed by atoms with Gasteiger partial charge in [0, 0.05) is 18.4 Å². The number of amidine groups is 1. The maximum absolute atomic E-state index is 12.6. The first-order valence-electron chi connectivity index (χ1n) is 8.65. The van der Waals surface area contributed by atoms with E-state index in [-0.39, 0.29) is 11.7 Å². The zero-order valence-corrected chi connectivity index (χ0v) is 14.8. The predicted octanol–water partition coefficient (Wildman–Crippen LogP) is 2.74. The second-order valence-electron chi connectivity index (χ2n) is 6.69. The molecule has 7 nitrogen and oxygen atoms in total. The summed E-state index contributed by atoms with van der Waals surface area (Å²) in [5, 5.41) is 6.05. The molecule has 0 radical (unpaired) electrons. The largest absolute Gasteiger partial charge is 0.459 e. The zero-order chi connectivity index (χ0) is 18.1. The van der Waals surface area contributed by atoms with Crippen LogP contribution in [0.3, 0.4) is 0 Å². The third kappa shape index (κ3) is 2.94. The van der Waals surface area contributed by atoms with Crippen LogP contribution in [0.2, 0.25) is 0 Å². The van der Waals surface area contributed by atoms with Crippen molar-refractivity contribution < 1.29 is 18.8 Å². The summed E-state index contributed by atoms with van der Waals surface area (Å²) in [6.45, 7) is 5.15. The fraction of sp³-hybridized carbons (Fsp3) is 0.368. The molecule has 0 bridgehead atoms. The van der Waals surface area contributed by atoms with Crippen LogP contribution in [-0.4, -0.2) is 35.7 Å². The van der Waals surface area contributed by atoms with Gasteiger partial charge in [0.2, 0.25) is 5.72 Å². The van der Waals surface area contributed by atoms with Crippen LogP contribution in [0.1, 0.15) is 40.1 Å². The summed E-state index contributed by atoms with van der Waals surface area (Å²) in [6, 6.07) is 9.45. The number of hydrazine groups is 1. The van der Waals surface area contributed by atoms with Gasteiger partial charge in [0.05, 0.1) is 19.5 Å². The maximum atomic E-state index is 12.6. The molecule has 0 aliphatic carbocycles. The number of aryl methyl sites for hydroxylation is 2. The molecule has 26 heavy (non-hydrogen) atoms. The number of hydrogen-bond donors (Lipinski definition) is 1. The lowest BCUT2D eigenvalue weighted by Crippen LogP contribution is -2.59. The number of oxime groups is 1. The highest BCUT2D eigenvalue weighted by Crippen LogP contribution is 2.35. The summed E-state index contributed by atoms with van der Waals surface area (Å²) in [6.07, 6.45) is 2.67. The molecule has 2 aliphatic rings. The van der Waals surface area contributed by atoms with E-state index in [0.717, 1.165) is 16.7 Å². The SMILES string of the molecule is Cc1cc(C)cc(C2=NOC3(CCOCC3)N2NC(=O)c2ccco2)c1. The average molecular weight is 355 g/mol. The van der Waals surface area contributed by atoms with Gasteiger partial charge < -0.3 is 14.0 Å². The number of nitrogens with one attached hydrogen (secondary N) is 1. The molecule has 0 unspecified atom stereocenters. The van der Waals surface area contributed by atoms with Crippen LogP contribution < -0.4 is 5.43 Å². The second-order valence-corrected chi connectivity index (χ2v) is 6.69. The number of amides is 1. The Kier molecular flexibility index (Phi) is 4.16. The molecule has 2 aromatic rings. The van der Waals surface area contributed by atoms with Gasteiger partial charge in [-0.1, -0.05) is 22.3 Å². The van der Waals surface area contributed by atoms with Gasteiger partial charge >= 0.3 is 5.91 Å². The Morgan fingerprint density at radius 2 is 1.92 bits per heavy atom. The van der Waals surface area contributed by atoms with E-state index in [1.54, 1.807) is 17.1 Å². The third-order valence-corrected chi connectivity index (χ3v) is 4.63. The number of benzene rings is 1. The molecule has 136 valence electrons. The van der Waals surface area contributed by atoms with Crippen LogP contribution >= 0.6 is 0 Å². The summed E-state index contributed by atoms with van der Waals surface area (Å²) in [5.74, 6) is 0.473. The Hall–Kier alpha value is -2.80. The molecule has 7 heteroatoms. The topological polar surface area (TPSA) is 76.3 Å².